The van der Waals surface area contributed by atoms with E-state index >= 15 is 0 Å². The van der Waals surface area contributed by atoms with Gasteiger partial charge in [0.1, 0.15) is 11.9 Å². The quantitative estimate of drug-likeness (QED) is 0.155. The molecule has 0 aliphatic carbocycles. The number of anilines is 3. The van der Waals surface area contributed by atoms with E-state index in [-0.39, 0.29) is 5.91 Å². The van der Waals surface area contributed by atoms with Crippen LogP contribution in [0.25, 0.3) is 0 Å². The predicted octanol–water partition coefficient (Wildman–Crippen LogP) is 2.49. The van der Waals surface area contributed by atoms with Crippen LogP contribution in [-0.4, -0.2) is 89.6 Å². The number of amides is 2. The van der Waals surface area contributed by atoms with Gasteiger partial charge in [0.05, 0.1) is 29.5 Å². The normalized spacial score (nSPS) is 12.1. The number of rotatable bonds is 14. The summed E-state index contributed by atoms with van der Waals surface area (Å²) in [7, 11) is 5.28. The maximum Gasteiger partial charge on any atom is 0.246 e. The Balaban J connectivity index is 1.94. The predicted molar refractivity (Wildman–Crippen MR) is 160 cm³/mol. The molecule has 218 valence electrons. The molecule has 11 heteroatoms. The SMILES string of the molecule is CCCNc1nc(Nc2ccc(C#N)cc2)ncc1C#CCCCNC(=O)[C@H]([C@@H](C)O)N(C)C(=O)C=CCN(C)C. The third kappa shape index (κ3) is 11.3. The highest BCUT2D eigenvalue weighted by molar-refractivity contribution is 5.93. The van der Waals surface area contributed by atoms with Crippen LogP contribution in [0.3, 0.4) is 0 Å². The molecule has 2 atom stereocenters. The van der Waals surface area contributed by atoms with Gasteiger partial charge in [0.25, 0.3) is 0 Å². The highest BCUT2D eigenvalue weighted by Gasteiger charge is 2.29. The molecule has 41 heavy (non-hydrogen) atoms. The Labute approximate surface area is 242 Å². The summed E-state index contributed by atoms with van der Waals surface area (Å²) in [6.45, 7) is 5.21. The first-order valence-electron chi connectivity index (χ1n) is 13.6. The molecular formula is C30H40N8O3. The van der Waals surface area contributed by atoms with Crippen molar-refractivity contribution >= 4 is 29.3 Å². The van der Waals surface area contributed by atoms with Gasteiger partial charge in [-0.2, -0.15) is 10.2 Å². The summed E-state index contributed by atoms with van der Waals surface area (Å²) in [4.78, 5) is 37.2. The molecule has 1 heterocycles. The smallest absolute Gasteiger partial charge is 0.246 e. The number of nitrogens with zero attached hydrogens (tertiary/aromatic N) is 5. The highest BCUT2D eigenvalue weighted by Crippen LogP contribution is 2.18. The molecule has 0 saturated heterocycles. The van der Waals surface area contributed by atoms with Crippen molar-refractivity contribution in [2.75, 3.05) is 51.4 Å². The first-order valence-corrected chi connectivity index (χ1v) is 13.6. The van der Waals surface area contributed by atoms with Crippen molar-refractivity contribution in [1.29, 1.82) is 5.26 Å². The number of aliphatic hydroxyl groups is 1. The van der Waals surface area contributed by atoms with Crippen LogP contribution in [0.1, 0.15) is 44.2 Å². The fourth-order valence-corrected chi connectivity index (χ4v) is 3.66. The van der Waals surface area contributed by atoms with Gasteiger partial charge in [-0.3, -0.25) is 9.59 Å². The second-order valence-corrected chi connectivity index (χ2v) is 9.69. The zero-order chi connectivity index (χ0) is 30.2. The van der Waals surface area contributed by atoms with Crippen LogP contribution in [0.2, 0.25) is 0 Å². The summed E-state index contributed by atoms with van der Waals surface area (Å²) >= 11 is 0. The van der Waals surface area contributed by atoms with E-state index in [9.17, 15) is 14.7 Å². The number of unbranched alkanes of at least 4 members (excludes halogenated alkanes) is 1. The van der Waals surface area contributed by atoms with Crippen molar-refractivity contribution in [2.24, 2.45) is 0 Å². The van der Waals surface area contributed by atoms with Crippen LogP contribution in [0.5, 0.6) is 0 Å². The van der Waals surface area contributed by atoms with Crippen LogP contribution in [-0.2, 0) is 9.59 Å². The molecule has 1 aromatic carbocycles. The zero-order valence-electron chi connectivity index (χ0n) is 24.4. The topological polar surface area (TPSA) is 147 Å². The number of carbonyl (C=O) groups excluding carboxylic acids is 2. The maximum absolute atomic E-state index is 12.7. The van der Waals surface area contributed by atoms with Gasteiger partial charge >= 0.3 is 0 Å². The van der Waals surface area contributed by atoms with Crippen molar-refractivity contribution < 1.29 is 14.7 Å². The average molecular weight is 561 g/mol. The van der Waals surface area contributed by atoms with E-state index in [4.69, 9.17) is 5.26 Å². The molecule has 0 aliphatic rings. The highest BCUT2D eigenvalue weighted by atomic mass is 16.3. The Morgan fingerprint density at radius 1 is 1.17 bits per heavy atom. The van der Waals surface area contributed by atoms with E-state index < -0.39 is 18.1 Å². The molecule has 2 amide bonds. The van der Waals surface area contributed by atoms with Crippen molar-refractivity contribution in [3.8, 4) is 17.9 Å². The lowest BCUT2D eigenvalue weighted by Crippen LogP contribution is -2.53. The zero-order valence-corrected chi connectivity index (χ0v) is 24.4. The van der Waals surface area contributed by atoms with Crippen LogP contribution in [0.4, 0.5) is 17.5 Å². The van der Waals surface area contributed by atoms with E-state index in [0.29, 0.717) is 48.8 Å². The molecule has 1 aromatic heterocycles. The van der Waals surface area contributed by atoms with E-state index in [1.807, 2.05) is 19.0 Å². The van der Waals surface area contributed by atoms with Gasteiger partial charge in [-0.05, 0) is 58.1 Å². The standard InChI is InChI=1S/C30H40N8O3/c1-6-17-32-28-24(21-34-30(36-28)35-25-15-13-23(20-31)14-16-25)11-8-7-9-18-33-29(41)27(22(2)39)38(5)26(40)12-10-19-37(3)4/h10,12-16,21-22,27,39H,6-7,9,17-19H2,1-5H3,(H,33,41)(H2,32,34,35,36)/t22-,27+/m1/s1. The van der Waals surface area contributed by atoms with Crippen LogP contribution in [0.15, 0.2) is 42.6 Å². The molecule has 11 nitrogen and oxygen atoms in total. The number of carbonyl (C=O) groups is 2. The van der Waals surface area contributed by atoms with Gasteiger partial charge in [0.15, 0.2) is 0 Å². The van der Waals surface area contributed by atoms with Gasteiger partial charge in [0, 0.05) is 44.9 Å². The van der Waals surface area contributed by atoms with Crippen molar-refractivity contribution in [2.45, 2.75) is 45.3 Å². The summed E-state index contributed by atoms with van der Waals surface area (Å²) in [5, 5.41) is 28.3. The number of aliphatic hydroxyl groups excluding tert-OH is 1. The fourth-order valence-electron chi connectivity index (χ4n) is 3.66. The first-order chi connectivity index (χ1) is 19.7. The molecule has 0 aliphatic heterocycles. The van der Waals surface area contributed by atoms with E-state index in [0.717, 1.165) is 18.7 Å². The second kappa shape index (κ2) is 17.3. The summed E-state index contributed by atoms with van der Waals surface area (Å²) < 4.78 is 0. The number of nitrogens with one attached hydrogen (secondary N) is 3. The van der Waals surface area contributed by atoms with Crippen LogP contribution < -0.4 is 16.0 Å². The van der Waals surface area contributed by atoms with Crippen LogP contribution in [0, 0.1) is 23.2 Å². The van der Waals surface area contributed by atoms with E-state index in [1.165, 1.54) is 24.9 Å². The molecule has 0 fully saturated rings. The molecular weight excluding hydrogens is 520 g/mol. The van der Waals surface area contributed by atoms with Gasteiger partial charge in [-0.1, -0.05) is 24.8 Å². The monoisotopic (exact) mass is 560 g/mol. The van der Waals surface area contributed by atoms with Crippen LogP contribution >= 0.6 is 0 Å². The number of likely N-dealkylation sites (N-methyl/N-ethyl adjacent to an activating group) is 2. The van der Waals surface area contributed by atoms with E-state index in [2.05, 4.69) is 50.8 Å². The Kier molecular flexibility index (Phi) is 13.8. The molecule has 2 aromatic rings. The third-order valence-corrected chi connectivity index (χ3v) is 5.82. The molecule has 0 radical (unpaired) electrons. The van der Waals surface area contributed by atoms with E-state index in [1.54, 1.807) is 36.5 Å². The lowest BCUT2D eigenvalue weighted by atomic mass is 10.1. The van der Waals surface area contributed by atoms with Gasteiger partial charge in [-0.15, -0.1) is 0 Å². The second-order valence-electron chi connectivity index (χ2n) is 9.69. The minimum absolute atomic E-state index is 0.347. The molecule has 0 saturated carbocycles. The molecule has 0 bridgehead atoms. The molecule has 4 N–H and O–H groups in total. The fraction of sp³-hybridized carbons (Fsp3) is 0.433. The first kappa shape index (κ1) is 32.8. The third-order valence-electron chi connectivity index (χ3n) is 5.82. The summed E-state index contributed by atoms with van der Waals surface area (Å²) in [6.07, 6.45) is 5.75. The largest absolute Gasteiger partial charge is 0.391 e. The minimum atomic E-state index is -1.03. The Bertz CT molecular complexity index is 1270. The minimum Gasteiger partial charge on any atom is -0.391 e. The number of hydrogen-bond acceptors (Lipinski definition) is 9. The number of hydrogen-bond donors (Lipinski definition) is 4. The Hall–Kier alpha value is -4.45. The lowest BCUT2D eigenvalue weighted by molar-refractivity contribution is -0.139. The van der Waals surface area contributed by atoms with Crippen molar-refractivity contribution in [3.63, 3.8) is 0 Å². The Morgan fingerprint density at radius 2 is 1.90 bits per heavy atom. The van der Waals surface area contributed by atoms with Crippen molar-refractivity contribution in [1.82, 2.24) is 25.1 Å². The number of benzene rings is 1. The summed E-state index contributed by atoms with van der Waals surface area (Å²) in [5.41, 5.74) is 1.99. The average Bonchev–Trinajstić information content (AvgIpc) is 2.94. The summed E-state index contributed by atoms with van der Waals surface area (Å²) in [6, 6.07) is 8.10. The van der Waals surface area contributed by atoms with Gasteiger partial charge in [-0.25, -0.2) is 4.98 Å². The molecule has 0 unspecified atom stereocenters. The Morgan fingerprint density at radius 3 is 2.54 bits per heavy atom. The summed E-state index contributed by atoms with van der Waals surface area (Å²) in [5.74, 6) is 6.45. The lowest BCUT2D eigenvalue weighted by Gasteiger charge is -2.28. The molecule has 0 spiro atoms. The van der Waals surface area contributed by atoms with Crippen molar-refractivity contribution in [3.05, 3.63) is 53.7 Å². The molecule has 2 rings (SSSR count). The van der Waals surface area contributed by atoms with Gasteiger partial charge < -0.3 is 30.9 Å². The number of nitriles is 1. The maximum atomic E-state index is 12.7. The number of aromatic nitrogens is 2. The van der Waals surface area contributed by atoms with Gasteiger partial charge in [0.2, 0.25) is 17.8 Å².